The van der Waals surface area contributed by atoms with Gasteiger partial charge in [0, 0.05) is 19.5 Å². The Morgan fingerprint density at radius 2 is 1.58 bits per heavy atom. The Labute approximate surface area is 188 Å². The number of aliphatic hydroxyl groups excluding tert-OH is 1. The predicted molar refractivity (Wildman–Crippen MR) is 125 cm³/mol. The molecule has 1 rings (SSSR count). The lowest BCUT2D eigenvalue weighted by molar-refractivity contribution is -0.143. The highest BCUT2D eigenvalue weighted by Crippen LogP contribution is 2.29. The number of hydrogen-bond donors (Lipinski definition) is 3. The molecule has 1 aromatic rings. The van der Waals surface area contributed by atoms with Gasteiger partial charge in [0.2, 0.25) is 0 Å². The number of nitrogens with one attached hydrogen (secondary N) is 2. The summed E-state index contributed by atoms with van der Waals surface area (Å²) < 4.78 is 4.89. The summed E-state index contributed by atoms with van der Waals surface area (Å²) in [5.74, 6) is -0.132. The van der Waals surface area contributed by atoms with E-state index in [1.165, 1.54) is 5.56 Å². The average molecular weight is 435 g/mol. The minimum atomic E-state index is -0.370. The van der Waals surface area contributed by atoms with E-state index >= 15 is 0 Å². The maximum atomic E-state index is 11.8. The van der Waals surface area contributed by atoms with Gasteiger partial charge in [-0.3, -0.25) is 4.79 Å². The normalized spacial score (nSPS) is 12.3. The molecule has 31 heavy (non-hydrogen) atoms. The lowest BCUT2D eigenvalue weighted by Crippen LogP contribution is -2.36. The Hall–Kier alpha value is -2.08. The van der Waals surface area contributed by atoms with Crippen LogP contribution in [0.2, 0.25) is 0 Å². The molecule has 6 nitrogen and oxygen atoms in total. The number of hydrogen-bond acceptors (Lipinski definition) is 4. The highest BCUT2D eigenvalue weighted by atomic mass is 16.5. The van der Waals surface area contributed by atoms with Crippen molar-refractivity contribution in [1.82, 2.24) is 10.6 Å². The van der Waals surface area contributed by atoms with Gasteiger partial charge < -0.3 is 20.5 Å². The first-order valence-electron chi connectivity index (χ1n) is 11.7. The zero-order valence-electron chi connectivity index (χ0n) is 19.6. The van der Waals surface area contributed by atoms with Gasteiger partial charge in [0.05, 0.1) is 12.7 Å². The fourth-order valence-electron chi connectivity index (χ4n) is 3.54. The molecule has 0 aliphatic rings. The number of unbranched alkanes of at least 4 members (excludes halogenated alkanes) is 4. The lowest BCUT2D eigenvalue weighted by Gasteiger charge is -2.31. The maximum absolute atomic E-state index is 11.8. The number of aliphatic hydroxyl groups is 1. The van der Waals surface area contributed by atoms with Gasteiger partial charge in [-0.1, -0.05) is 57.0 Å². The van der Waals surface area contributed by atoms with Crippen molar-refractivity contribution in [2.75, 3.05) is 19.7 Å². The van der Waals surface area contributed by atoms with E-state index in [1.807, 2.05) is 25.1 Å². The Morgan fingerprint density at radius 1 is 0.968 bits per heavy atom. The summed E-state index contributed by atoms with van der Waals surface area (Å²) in [6.45, 7) is 7.70. The van der Waals surface area contributed by atoms with Crippen LogP contribution in [-0.2, 0) is 16.0 Å². The Morgan fingerprint density at radius 3 is 2.23 bits per heavy atom. The third kappa shape index (κ3) is 13.0. The standard InChI is InChI=1S/C25H42N2O4/c1-4-31-23(29)17-10-5-6-12-18-26-24(30)27-19-13-11-16-22(28)25(2,3)20-21-14-8-7-9-15-21/h7-9,14-15,22,28H,4-6,10-13,16-20H2,1-3H3,(H2,26,27,30). The number of urea groups is 1. The molecule has 0 heterocycles. The average Bonchev–Trinajstić information content (AvgIpc) is 2.73. The first-order chi connectivity index (χ1) is 14.8. The van der Waals surface area contributed by atoms with E-state index in [9.17, 15) is 14.7 Å². The topological polar surface area (TPSA) is 87.7 Å². The molecule has 0 aliphatic carbocycles. The van der Waals surface area contributed by atoms with Crippen molar-refractivity contribution in [2.45, 2.75) is 84.7 Å². The maximum Gasteiger partial charge on any atom is 0.314 e. The molecule has 3 N–H and O–H groups in total. The highest BCUT2D eigenvalue weighted by molar-refractivity contribution is 5.73. The number of ether oxygens (including phenoxy) is 1. The molecular weight excluding hydrogens is 392 g/mol. The molecule has 176 valence electrons. The molecule has 0 aliphatic heterocycles. The molecule has 0 bridgehead atoms. The zero-order valence-corrected chi connectivity index (χ0v) is 19.6. The van der Waals surface area contributed by atoms with E-state index in [4.69, 9.17) is 4.74 Å². The fraction of sp³-hybridized carbons (Fsp3) is 0.680. The van der Waals surface area contributed by atoms with Gasteiger partial charge in [-0.05, 0) is 56.4 Å². The minimum absolute atomic E-state index is 0.132. The summed E-state index contributed by atoms with van der Waals surface area (Å²) in [5.41, 5.74) is 1.06. The summed E-state index contributed by atoms with van der Waals surface area (Å²) in [5, 5.41) is 16.3. The van der Waals surface area contributed by atoms with Crippen molar-refractivity contribution in [2.24, 2.45) is 5.41 Å². The third-order valence-corrected chi connectivity index (χ3v) is 5.49. The van der Waals surface area contributed by atoms with Gasteiger partial charge in [0.15, 0.2) is 0 Å². The van der Waals surface area contributed by atoms with Crippen LogP contribution < -0.4 is 10.6 Å². The number of benzene rings is 1. The summed E-state index contributed by atoms with van der Waals surface area (Å²) in [6.07, 6.45) is 7.08. The van der Waals surface area contributed by atoms with Crippen molar-refractivity contribution < 1.29 is 19.4 Å². The van der Waals surface area contributed by atoms with Crippen molar-refractivity contribution in [1.29, 1.82) is 0 Å². The second-order valence-corrected chi connectivity index (χ2v) is 8.81. The fourth-order valence-corrected chi connectivity index (χ4v) is 3.54. The van der Waals surface area contributed by atoms with Crippen molar-refractivity contribution in [3.63, 3.8) is 0 Å². The minimum Gasteiger partial charge on any atom is -0.466 e. The van der Waals surface area contributed by atoms with E-state index < -0.39 is 0 Å². The summed E-state index contributed by atoms with van der Waals surface area (Å²) >= 11 is 0. The Balaban J connectivity index is 2.01. The Bertz CT molecular complexity index is 619. The first-order valence-corrected chi connectivity index (χ1v) is 11.7. The number of rotatable bonds is 16. The van der Waals surface area contributed by atoms with Crippen LogP contribution >= 0.6 is 0 Å². The molecule has 0 fully saturated rings. The molecular formula is C25H42N2O4. The molecule has 2 amide bonds. The molecule has 1 atom stereocenters. The van der Waals surface area contributed by atoms with Crippen LogP contribution in [0.5, 0.6) is 0 Å². The van der Waals surface area contributed by atoms with Gasteiger partial charge in [0.1, 0.15) is 0 Å². The second-order valence-electron chi connectivity index (χ2n) is 8.81. The van der Waals surface area contributed by atoms with Crippen molar-refractivity contribution in [3.8, 4) is 0 Å². The van der Waals surface area contributed by atoms with Crippen LogP contribution in [0.25, 0.3) is 0 Å². The van der Waals surface area contributed by atoms with Crippen LogP contribution in [-0.4, -0.2) is 42.9 Å². The van der Waals surface area contributed by atoms with E-state index in [1.54, 1.807) is 0 Å². The zero-order chi connectivity index (χ0) is 23.0. The summed E-state index contributed by atoms with van der Waals surface area (Å²) in [6, 6.07) is 10.1. The van der Waals surface area contributed by atoms with Gasteiger partial charge in [-0.15, -0.1) is 0 Å². The molecule has 0 radical (unpaired) electrons. The first kappa shape index (κ1) is 27.0. The van der Waals surface area contributed by atoms with Crippen LogP contribution in [0, 0.1) is 5.41 Å². The van der Waals surface area contributed by atoms with Crippen LogP contribution in [0.4, 0.5) is 4.79 Å². The number of amides is 2. The van der Waals surface area contributed by atoms with Crippen molar-refractivity contribution in [3.05, 3.63) is 35.9 Å². The molecule has 1 unspecified atom stereocenters. The van der Waals surface area contributed by atoms with E-state index in [-0.39, 0.29) is 23.5 Å². The van der Waals surface area contributed by atoms with Gasteiger partial charge in [-0.25, -0.2) is 4.79 Å². The van der Waals surface area contributed by atoms with Crippen LogP contribution in [0.1, 0.15) is 77.7 Å². The quantitative estimate of drug-likeness (QED) is 0.262. The van der Waals surface area contributed by atoms with Crippen molar-refractivity contribution >= 4 is 12.0 Å². The van der Waals surface area contributed by atoms with Gasteiger partial charge in [0.25, 0.3) is 0 Å². The van der Waals surface area contributed by atoms with E-state index in [2.05, 4.69) is 36.6 Å². The predicted octanol–water partition coefficient (Wildman–Crippen LogP) is 4.60. The van der Waals surface area contributed by atoms with E-state index in [0.29, 0.717) is 26.1 Å². The molecule has 0 saturated heterocycles. The monoisotopic (exact) mass is 434 g/mol. The molecule has 6 heteroatoms. The molecule has 0 saturated carbocycles. The smallest absolute Gasteiger partial charge is 0.314 e. The Kier molecular flexibility index (Phi) is 13.6. The molecule has 0 spiro atoms. The highest BCUT2D eigenvalue weighted by Gasteiger charge is 2.27. The van der Waals surface area contributed by atoms with Crippen LogP contribution in [0.15, 0.2) is 30.3 Å². The summed E-state index contributed by atoms with van der Waals surface area (Å²) in [7, 11) is 0. The second kappa shape index (κ2) is 15.7. The summed E-state index contributed by atoms with van der Waals surface area (Å²) in [4.78, 5) is 23.0. The van der Waals surface area contributed by atoms with Gasteiger partial charge >= 0.3 is 12.0 Å². The SMILES string of the molecule is CCOC(=O)CCCCCCNC(=O)NCCCCC(O)C(C)(C)Cc1ccccc1. The number of carbonyl (C=O) groups is 2. The largest absolute Gasteiger partial charge is 0.466 e. The lowest BCUT2D eigenvalue weighted by atomic mass is 9.78. The van der Waals surface area contributed by atoms with E-state index in [0.717, 1.165) is 51.4 Å². The van der Waals surface area contributed by atoms with Gasteiger partial charge in [-0.2, -0.15) is 0 Å². The number of carbonyl (C=O) groups excluding carboxylic acids is 2. The third-order valence-electron chi connectivity index (χ3n) is 5.49. The molecule has 1 aromatic carbocycles. The molecule has 0 aromatic heterocycles. The van der Waals surface area contributed by atoms with Crippen LogP contribution in [0.3, 0.4) is 0 Å². The number of esters is 1.